The van der Waals surface area contributed by atoms with Gasteiger partial charge in [-0.2, -0.15) is 4.98 Å². The Morgan fingerprint density at radius 3 is 2.55 bits per heavy atom. The Balaban J connectivity index is 1.43. The first kappa shape index (κ1) is 21.7. The molecule has 1 unspecified atom stereocenters. The number of likely N-dealkylation sites (N-methyl/N-ethyl adjacent to an activating group) is 1. The van der Waals surface area contributed by atoms with E-state index >= 15 is 0 Å². The van der Waals surface area contributed by atoms with Crippen molar-refractivity contribution >= 4 is 17.6 Å². The Kier molecular flexibility index (Phi) is 6.49. The molecule has 4 heterocycles. The van der Waals surface area contributed by atoms with Gasteiger partial charge in [-0.15, -0.1) is 0 Å². The van der Waals surface area contributed by atoms with Crippen LogP contribution in [0.25, 0.3) is 0 Å². The molecule has 0 amide bonds. The van der Waals surface area contributed by atoms with Crippen molar-refractivity contribution in [3.63, 3.8) is 0 Å². The SMILES string of the molecule is CC(C)[C@H]1COC(O)N1c1ncnc(N[C@@H](C)c2ccc(N3CCN(C)CC3)cn2)n1. The molecular weight excluding hydrogens is 396 g/mol. The normalized spacial score (nSPS) is 23.4. The van der Waals surface area contributed by atoms with Gasteiger partial charge in [-0.05, 0) is 32.0 Å². The smallest absolute Gasteiger partial charge is 0.240 e. The summed E-state index contributed by atoms with van der Waals surface area (Å²) in [7, 11) is 2.15. The van der Waals surface area contributed by atoms with Crippen LogP contribution in [-0.2, 0) is 4.74 Å². The summed E-state index contributed by atoms with van der Waals surface area (Å²) in [5.41, 5.74) is 2.05. The number of piperazine rings is 1. The van der Waals surface area contributed by atoms with Gasteiger partial charge in [-0.1, -0.05) is 13.8 Å². The minimum atomic E-state index is -1.05. The molecule has 2 aromatic rings. The Morgan fingerprint density at radius 2 is 1.87 bits per heavy atom. The number of rotatable bonds is 6. The van der Waals surface area contributed by atoms with Gasteiger partial charge in [0.2, 0.25) is 18.3 Å². The van der Waals surface area contributed by atoms with Crippen LogP contribution in [0.3, 0.4) is 0 Å². The molecule has 10 nitrogen and oxygen atoms in total. The van der Waals surface area contributed by atoms with E-state index in [9.17, 15) is 5.11 Å². The van der Waals surface area contributed by atoms with Crippen LogP contribution in [0.2, 0.25) is 0 Å². The number of hydrogen-bond acceptors (Lipinski definition) is 10. The number of aromatic nitrogens is 4. The zero-order valence-electron chi connectivity index (χ0n) is 18.6. The van der Waals surface area contributed by atoms with Crippen molar-refractivity contribution in [3.8, 4) is 0 Å². The van der Waals surface area contributed by atoms with Gasteiger partial charge >= 0.3 is 0 Å². The lowest BCUT2D eigenvalue weighted by atomic mass is 10.1. The van der Waals surface area contributed by atoms with E-state index in [1.54, 1.807) is 4.90 Å². The van der Waals surface area contributed by atoms with Gasteiger partial charge in [0.05, 0.1) is 36.3 Å². The monoisotopic (exact) mass is 428 g/mol. The highest BCUT2D eigenvalue weighted by Crippen LogP contribution is 2.27. The van der Waals surface area contributed by atoms with Crippen molar-refractivity contribution in [1.82, 2.24) is 24.8 Å². The summed E-state index contributed by atoms with van der Waals surface area (Å²) in [6.07, 6.45) is 2.33. The number of aliphatic hydroxyl groups is 1. The van der Waals surface area contributed by atoms with Crippen molar-refractivity contribution in [2.24, 2.45) is 5.92 Å². The lowest BCUT2D eigenvalue weighted by molar-refractivity contribution is -0.0581. The molecule has 3 atom stereocenters. The number of nitrogens with one attached hydrogen (secondary N) is 1. The lowest BCUT2D eigenvalue weighted by Gasteiger charge is -2.33. The highest BCUT2D eigenvalue weighted by Gasteiger charge is 2.37. The van der Waals surface area contributed by atoms with Crippen LogP contribution in [0.4, 0.5) is 17.6 Å². The predicted octanol–water partition coefficient (Wildman–Crippen LogP) is 1.33. The molecule has 0 bridgehead atoms. The Bertz CT molecular complexity index is 857. The summed E-state index contributed by atoms with van der Waals surface area (Å²) in [6.45, 7) is 10.8. The molecule has 2 aromatic heterocycles. The minimum Gasteiger partial charge on any atom is -0.368 e. The first-order valence-corrected chi connectivity index (χ1v) is 10.9. The summed E-state index contributed by atoms with van der Waals surface area (Å²) >= 11 is 0. The van der Waals surface area contributed by atoms with Gasteiger partial charge in [0, 0.05) is 26.2 Å². The third kappa shape index (κ3) is 4.86. The average Bonchev–Trinajstić information content (AvgIpc) is 3.16. The van der Waals surface area contributed by atoms with Crippen molar-refractivity contribution in [1.29, 1.82) is 0 Å². The molecule has 2 saturated heterocycles. The molecular formula is C21H32N8O2. The topological polar surface area (TPSA) is 103 Å². The molecule has 0 aliphatic carbocycles. The zero-order valence-corrected chi connectivity index (χ0v) is 18.6. The summed E-state index contributed by atoms with van der Waals surface area (Å²) in [5, 5.41) is 13.5. The summed E-state index contributed by atoms with van der Waals surface area (Å²) < 4.78 is 5.40. The Hall–Kier alpha value is -2.56. The Labute approximate surface area is 183 Å². The van der Waals surface area contributed by atoms with Crippen LogP contribution in [-0.4, -0.2) is 82.2 Å². The predicted molar refractivity (Wildman–Crippen MR) is 119 cm³/mol. The minimum absolute atomic E-state index is 0.00598. The van der Waals surface area contributed by atoms with Crippen molar-refractivity contribution < 1.29 is 9.84 Å². The van der Waals surface area contributed by atoms with E-state index in [0.29, 0.717) is 18.5 Å². The number of aliphatic hydroxyl groups excluding tert-OH is 1. The van der Waals surface area contributed by atoms with Crippen LogP contribution in [0, 0.1) is 5.92 Å². The van der Waals surface area contributed by atoms with E-state index in [0.717, 1.165) is 37.6 Å². The second kappa shape index (κ2) is 9.29. The fourth-order valence-electron chi connectivity index (χ4n) is 3.92. The molecule has 4 rings (SSSR count). The highest BCUT2D eigenvalue weighted by molar-refractivity contribution is 5.46. The van der Waals surface area contributed by atoms with Gasteiger partial charge in [0.25, 0.3) is 0 Å². The summed E-state index contributed by atoms with van der Waals surface area (Å²) in [4.78, 5) is 24.1. The van der Waals surface area contributed by atoms with Gasteiger partial charge in [-0.25, -0.2) is 9.97 Å². The molecule has 0 spiro atoms. The highest BCUT2D eigenvalue weighted by atomic mass is 16.6. The maximum atomic E-state index is 10.2. The molecule has 0 saturated carbocycles. The van der Waals surface area contributed by atoms with Crippen LogP contribution in [0.1, 0.15) is 32.5 Å². The summed E-state index contributed by atoms with van der Waals surface area (Å²) in [6, 6.07) is 4.08. The first-order chi connectivity index (χ1) is 14.9. The molecule has 2 fully saturated rings. The third-order valence-electron chi connectivity index (χ3n) is 6.00. The fraction of sp³-hybridized carbons (Fsp3) is 0.619. The van der Waals surface area contributed by atoms with Crippen LogP contribution in [0.15, 0.2) is 24.7 Å². The van der Waals surface area contributed by atoms with E-state index < -0.39 is 6.41 Å². The van der Waals surface area contributed by atoms with Gasteiger partial charge in [0.15, 0.2) is 0 Å². The maximum Gasteiger partial charge on any atom is 0.240 e. The second-order valence-electron chi connectivity index (χ2n) is 8.58. The lowest BCUT2D eigenvalue weighted by Crippen LogP contribution is -2.44. The number of pyridine rings is 1. The second-order valence-corrected chi connectivity index (χ2v) is 8.58. The van der Waals surface area contributed by atoms with Gasteiger partial charge in [0.1, 0.15) is 6.33 Å². The van der Waals surface area contributed by atoms with Crippen molar-refractivity contribution in [2.45, 2.75) is 39.3 Å². The molecule has 2 aliphatic heterocycles. The first-order valence-electron chi connectivity index (χ1n) is 10.9. The van der Waals surface area contributed by atoms with Crippen molar-refractivity contribution in [2.75, 3.05) is 55.0 Å². The number of nitrogens with zero attached hydrogens (tertiary/aromatic N) is 7. The summed E-state index contributed by atoms with van der Waals surface area (Å²) in [5.74, 6) is 1.11. The molecule has 168 valence electrons. The third-order valence-corrected chi connectivity index (χ3v) is 6.00. The largest absolute Gasteiger partial charge is 0.368 e. The van der Waals surface area contributed by atoms with E-state index in [4.69, 9.17) is 4.74 Å². The van der Waals surface area contributed by atoms with Gasteiger partial charge < -0.3 is 25.0 Å². The van der Waals surface area contributed by atoms with Crippen LogP contribution in [0.5, 0.6) is 0 Å². The Morgan fingerprint density at radius 1 is 1.10 bits per heavy atom. The van der Waals surface area contributed by atoms with Crippen LogP contribution < -0.4 is 15.1 Å². The maximum absolute atomic E-state index is 10.2. The number of anilines is 3. The molecule has 10 heteroatoms. The van der Waals surface area contributed by atoms with E-state index in [-0.39, 0.29) is 18.0 Å². The number of ether oxygens (including phenoxy) is 1. The quantitative estimate of drug-likeness (QED) is 0.700. The molecule has 0 aromatic carbocycles. The van der Waals surface area contributed by atoms with E-state index in [1.165, 1.54) is 6.33 Å². The molecule has 2 N–H and O–H groups in total. The standard InChI is InChI=1S/C21H32N8O2/c1-14(2)18-12-31-21(30)29(18)20-24-13-23-19(26-20)25-15(3)17-6-5-16(11-22-17)28-9-7-27(4)8-10-28/h5-6,11,13-15,18,21,30H,7-10,12H2,1-4H3,(H,23,24,25,26)/t15-,18+,21?/m0/s1. The van der Waals surface area contributed by atoms with Crippen molar-refractivity contribution in [3.05, 3.63) is 30.4 Å². The van der Waals surface area contributed by atoms with E-state index in [2.05, 4.69) is 62.0 Å². The molecule has 2 aliphatic rings. The number of hydrogen-bond donors (Lipinski definition) is 2. The van der Waals surface area contributed by atoms with Gasteiger partial charge in [-0.3, -0.25) is 9.88 Å². The fourth-order valence-corrected chi connectivity index (χ4v) is 3.92. The van der Waals surface area contributed by atoms with E-state index in [1.807, 2.05) is 19.2 Å². The zero-order chi connectivity index (χ0) is 22.0. The molecule has 0 radical (unpaired) electrons. The average molecular weight is 429 g/mol. The molecule has 31 heavy (non-hydrogen) atoms. The van der Waals surface area contributed by atoms with Crippen LogP contribution >= 0.6 is 0 Å².